The molecule has 3 heteroatoms. The molecule has 0 bridgehead atoms. The Morgan fingerprint density at radius 2 is 2.00 bits per heavy atom. The van der Waals surface area contributed by atoms with Crippen LogP contribution in [0.5, 0.6) is 0 Å². The van der Waals surface area contributed by atoms with Crippen LogP contribution in [-0.2, 0) is 12.8 Å². The van der Waals surface area contributed by atoms with Crippen molar-refractivity contribution in [1.82, 2.24) is 4.90 Å². The Bertz CT molecular complexity index is 670. The quantitative estimate of drug-likeness (QED) is 0.743. The number of fused-ring (bicyclic) bond motifs is 2. The number of hydrogen-bond acceptors (Lipinski definition) is 2. The molecule has 0 fully saturated rings. The van der Waals surface area contributed by atoms with Gasteiger partial charge in [0.2, 0.25) is 0 Å². The van der Waals surface area contributed by atoms with Gasteiger partial charge < -0.3 is 4.90 Å². The lowest BCUT2D eigenvalue weighted by Crippen LogP contribution is -2.12. The van der Waals surface area contributed by atoms with E-state index >= 15 is 0 Å². The van der Waals surface area contributed by atoms with Crippen molar-refractivity contribution >= 4 is 32.8 Å². The lowest BCUT2D eigenvalue weighted by atomic mass is 9.95. The summed E-state index contributed by atoms with van der Waals surface area (Å²) >= 11 is 5.54. The van der Waals surface area contributed by atoms with Crippen molar-refractivity contribution < 1.29 is 0 Å². The third-order valence-electron chi connectivity index (χ3n) is 3.92. The van der Waals surface area contributed by atoms with E-state index in [4.69, 9.17) is 0 Å². The largest absolute Gasteiger partial charge is 0.309 e. The van der Waals surface area contributed by atoms with Crippen LogP contribution >= 0.6 is 27.3 Å². The third-order valence-corrected chi connectivity index (χ3v) is 5.62. The van der Waals surface area contributed by atoms with Gasteiger partial charge in [0.25, 0.3) is 0 Å². The van der Waals surface area contributed by atoms with Crippen molar-refractivity contribution in [1.29, 1.82) is 0 Å². The molecule has 1 aromatic heterocycles. The van der Waals surface area contributed by atoms with Crippen LogP contribution in [-0.4, -0.2) is 25.5 Å². The molecule has 110 valence electrons. The molecule has 0 aliphatic heterocycles. The molecule has 2 aromatic rings. The summed E-state index contributed by atoms with van der Waals surface area (Å²) in [4.78, 5) is 3.75. The molecule has 1 heterocycles. The van der Waals surface area contributed by atoms with Crippen LogP contribution in [0.3, 0.4) is 0 Å². The zero-order valence-corrected chi connectivity index (χ0v) is 14.9. The first kappa shape index (κ1) is 15.0. The summed E-state index contributed by atoms with van der Waals surface area (Å²) in [7, 11) is 4.26. The van der Waals surface area contributed by atoms with Gasteiger partial charge in [-0.3, -0.25) is 0 Å². The highest BCUT2D eigenvalue weighted by atomic mass is 79.9. The molecule has 0 atom stereocenters. The van der Waals surface area contributed by atoms with Gasteiger partial charge in [0.1, 0.15) is 0 Å². The van der Waals surface area contributed by atoms with E-state index in [0.717, 1.165) is 25.8 Å². The van der Waals surface area contributed by atoms with Gasteiger partial charge in [0, 0.05) is 11.4 Å². The van der Waals surface area contributed by atoms with E-state index in [1.807, 2.05) is 11.3 Å². The molecule has 3 rings (SSSR count). The van der Waals surface area contributed by atoms with Crippen molar-refractivity contribution in [2.75, 3.05) is 20.6 Å². The van der Waals surface area contributed by atoms with Crippen LogP contribution in [0.25, 0.3) is 5.57 Å². The first-order chi connectivity index (χ1) is 10.1. The fraction of sp³-hybridized carbons (Fsp3) is 0.333. The van der Waals surface area contributed by atoms with Crippen LogP contribution in [0.1, 0.15) is 28.0 Å². The number of benzene rings is 1. The summed E-state index contributed by atoms with van der Waals surface area (Å²) in [6.45, 7) is 1.09. The molecule has 0 amide bonds. The van der Waals surface area contributed by atoms with Gasteiger partial charge in [0.15, 0.2) is 0 Å². The van der Waals surface area contributed by atoms with E-state index in [9.17, 15) is 0 Å². The number of hydrogen-bond donors (Lipinski definition) is 0. The van der Waals surface area contributed by atoms with Gasteiger partial charge >= 0.3 is 0 Å². The van der Waals surface area contributed by atoms with Gasteiger partial charge in [-0.05, 0) is 77.6 Å². The summed E-state index contributed by atoms with van der Waals surface area (Å²) in [5.41, 5.74) is 5.74. The molecule has 1 aliphatic carbocycles. The predicted octanol–water partition coefficient (Wildman–Crippen LogP) is 4.99. The maximum atomic E-state index is 3.66. The molecule has 1 aliphatic rings. The number of aryl methyl sites for hydroxylation is 2. The SMILES string of the molecule is CN(C)CC/C=C1/c2ccccc2CCc2sc(Br)cc21. The second kappa shape index (κ2) is 6.47. The second-order valence-corrected chi connectivity index (χ2v) is 8.27. The molecular weight excluding hydrogens is 342 g/mol. The average molecular weight is 362 g/mol. The summed E-state index contributed by atoms with van der Waals surface area (Å²) in [6.07, 6.45) is 5.79. The van der Waals surface area contributed by atoms with Gasteiger partial charge in [-0.15, -0.1) is 11.3 Å². The minimum Gasteiger partial charge on any atom is -0.309 e. The number of rotatable bonds is 3. The van der Waals surface area contributed by atoms with Crippen molar-refractivity contribution in [3.05, 3.63) is 61.8 Å². The van der Waals surface area contributed by atoms with Crippen molar-refractivity contribution in [3.8, 4) is 0 Å². The van der Waals surface area contributed by atoms with Crippen LogP contribution in [0.15, 0.2) is 40.2 Å². The lowest BCUT2D eigenvalue weighted by Gasteiger charge is -2.11. The average Bonchev–Trinajstić information content (AvgIpc) is 2.76. The monoisotopic (exact) mass is 361 g/mol. The van der Waals surface area contributed by atoms with E-state index in [0.29, 0.717) is 0 Å². The highest BCUT2D eigenvalue weighted by Crippen LogP contribution is 2.39. The molecule has 0 radical (unpaired) electrons. The van der Waals surface area contributed by atoms with Crippen molar-refractivity contribution in [2.24, 2.45) is 0 Å². The van der Waals surface area contributed by atoms with Crippen molar-refractivity contribution in [2.45, 2.75) is 19.3 Å². The number of nitrogens with zero attached hydrogens (tertiary/aromatic N) is 1. The number of halogens is 1. The van der Waals surface area contributed by atoms with Gasteiger partial charge in [-0.2, -0.15) is 0 Å². The van der Waals surface area contributed by atoms with Crippen molar-refractivity contribution in [3.63, 3.8) is 0 Å². The van der Waals surface area contributed by atoms with Gasteiger partial charge in [-0.1, -0.05) is 30.3 Å². The van der Waals surface area contributed by atoms with Crippen LogP contribution < -0.4 is 0 Å². The van der Waals surface area contributed by atoms with Crippen LogP contribution in [0, 0.1) is 0 Å². The van der Waals surface area contributed by atoms with Crippen LogP contribution in [0.2, 0.25) is 0 Å². The number of thiophene rings is 1. The molecule has 21 heavy (non-hydrogen) atoms. The molecule has 0 unspecified atom stereocenters. The normalized spacial score (nSPS) is 15.9. The Balaban J connectivity index is 2.06. The molecule has 0 spiro atoms. The Labute approximate surface area is 139 Å². The minimum atomic E-state index is 1.09. The van der Waals surface area contributed by atoms with Gasteiger partial charge in [0.05, 0.1) is 3.79 Å². The zero-order valence-electron chi connectivity index (χ0n) is 12.5. The fourth-order valence-electron chi connectivity index (χ4n) is 2.89. The Kier molecular flexibility index (Phi) is 4.63. The molecule has 1 nitrogen and oxygen atoms in total. The highest BCUT2D eigenvalue weighted by molar-refractivity contribution is 9.11. The Morgan fingerprint density at radius 3 is 2.81 bits per heavy atom. The standard InChI is InChI=1S/C18H20BrNS/c1-20(2)11-5-8-15-14-7-4-3-6-13(14)9-10-17-16(15)12-18(19)21-17/h3-4,6-8,12H,5,9-11H2,1-2H3/b15-8-. The Morgan fingerprint density at radius 1 is 1.19 bits per heavy atom. The van der Waals surface area contributed by atoms with E-state index in [-0.39, 0.29) is 0 Å². The first-order valence-corrected chi connectivity index (χ1v) is 8.98. The van der Waals surface area contributed by atoms with E-state index in [2.05, 4.69) is 71.3 Å². The molecule has 0 saturated heterocycles. The van der Waals surface area contributed by atoms with Crippen LogP contribution in [0.4, 0.5) is 0 Å². The van der Waals surface area contributed by atoms with E-state index in [1.54, 1.807) is 0 Å². The molecule has 0 saturated carbocycles. The highest BCUT2D eigenvalue weighted by Gasteiger charge is 2.19. The second-order valence-electron chi connectivity index (χ2n) is 5.75. The summed E-state index contributed by atoms with van der Waals surface area (Å²) in [5.74, 6) is 0. The molecule has 1 aromatic carbocycles. The summed E-state index contributed by atoms with van der Waals surface area (Å²) in [6, 6.07) is 11.2. The Hall–Kier alpha value is -0.900. The molecule has 0 N–H and O–H groups in total. The van der Waals surface area contributed by atoms with Gasteiger partial charge in [-0.25, -0.2) is 0 Å². The third kappa shape index (κ3) is 3.31. The maximum Gasteiger partial charge on any atom is 0.0707 e. The molecular formula is C18H20BrNS. The zero-order chi connectivity index (χ0) is 14.8. The minimum absolute atomic E-state index is 1.09. The summed E-state index contributed by atoms with van der Waals surface area (Å²) < 4.78 is 1.24. The predicted molar refractivity (Wildman–Crippen MR) is 96.1 cm³/mol. The smallest absolute Gasteiger partial charge is 0.0707 e. The lowest BCUT2D eigenvalue weighted by molar-refractivity contribution is 0.417. The first-order valence-electron chi connectivity index (χ1n) is 7.37. The topological polar surface area (TPSA) is 3.24 Å². The summed E-state index contributed by atoms with van der Waals surface area (Å²) in [5, 5.41) is 0. The maximum absolute atomic E-state index is 3.66. The van der Waals surface area contributed by atoms with E-state index in [1.165, 1.54) is 30.9 Å². The van der Waals surface area contributed by atoms with E-state index < -0.39 is 0 Å². The fourth-order valence-corrected chi connectivity index (χ4v) is 4.60.